The first-order valence-corrected chi connectivity index (χ1v) is 12.3. The topological polar surface area (TPSA) is 142 Å². The lowest BCUT2D eigenvalue weighted by molar-refractivity contribution is -0.153. The SMILES string of the molecule is CC[C@H](C)C(NB(C)O)C(=O)OC[C@H]1O[C@@H](n2cnc(C(N)=O)n2)[C@@H]2CC(c3ccccc3)C[C@@H]21. The molecule has 10 nitrogen and oxygen atoms in total. The summed E-state index contributed by atoms with van der Waals surface area (Å²) in [6.07, 6.45) is 3.25. The Morgan fingerprint density at radius 2 is 2.03 bits per heavy atom. The fourth-order valence-electron chi connectivity index (χ4n) is 5.38. The zero-order valence-electron chi connectivity index (χ0n) is 20.4. The molecule has 1 saturated heterocycles. The van der Waals surface area contributed by atoms with Crippen LogP contribution in [0.5, 0.6) is 0 Å². The minimum absolute atomic E-state index is 0.00148. The summed E-state index contributed by atoms with van der Waals surface area (Å²) < 4.78 is 13.6. The number of ether oxygens (including phenoxy) is 2. The fraction of sp³-hybridized carbons (Fsp3) is 0.583. The van der Waals surface area contributed by atoms with E-state index in [1.54, 1.807) is 11.5 Å². The van der Waals surface area contributed by atoms with Gasteiger partial charge >= 0.3 is 13.0 Å². The largest absolute Gasteiger partial charge is 0.462 e. The van der Waals surface area contributed by atoms with Gasteiger partial charge in [-0.1, -0.05) is 50.6 Å². The second-order valence-electron chi connectivity index (χ2n) is 9.72. The zero-order valence-corrected chi connectivity index (χ0v) is 20.4. The summed E-state index contributed by atoms with van der Waals surface area (Å²) in [4.78, 5) is 28.4. The summed E-state index contributed by atoms with van der Waals surface area (Å²) in [6, 6.07) is 9.74. The summed E-state index contributed by atoms with van der Waals surface area (Å²) in [5.41, 5.74) is 6.61. The summed E-state index contributed by atoms with van der Waals surface area (Å²) in [5, 5.41) is 16.9. The van der Waals surface area contributed by atoms with Gasteiger partial charge in [0.15, 0.2) is 6.23 Å². The number of esters is 1. The molecule has 2 heterocycles. The van der Waals surface area contributed by atoms with Crippen LogP contribution in [0.15, 0.2) is 36.7 Å². The number of nitrogens with two attached hydrogens (primary N) is 1. The maximum absolute atomic E-state index is 12.9. The zero-order chi connectivity index (χ0) is 25.1. The molecule has 0 radical (unpaired) electrons. The third-order valence-corrected chi connectivity index (χ3v) is 7.36. The van der Waals surface area contributed by atoms with Crippen molar-refractivity contribution in [1.29, 1.82) is 0 Å². The monoisotopic (exact) mass is 483 g/mol. The van der Waals surface area contributed by atoms with E-state index in [1.807, 2.05) is 32.0 Å². The van der Waals surface area contributed by atoms with Gasteiger partial charge < -0.3 is 25.5 Å². The molecule has 1 saturated carbocycles. The number of benzene rings is 1. The third-order valence-electron chi connectivity index (χ3n) is 7.36. The van der Waals surface area contributed by atoms with Crippen LogP contribution in [0.3, 0.4) is 0 Å². The van der Waals surface area contributed by atoms with Crippen molar-refractivity contribution in [2.45, 2.75) is 64.2 Å². The van der Waals surface area contributed by atoms with Gasteiger partial charge in [0, 0.05) is 5.92 Å². The molecule has 1 aromatic heterocycles. The number of nitrogens with zero attached hydrogens (tertiary/aromatic N) is 3. The lowest BCUT2D eigenvalue weighted by Gasteiger charge is -2.25. The average Bonchev–Trinajstić information content (AvgIpc) is 3.57. The van der Waals surface area contributed by atoms with Crippen LogP contribution >= 0.6 is 0 Å². The highest BCUT2D eigenvalue weighted by Gasteiger charge is 2.52. The Morgan fingerprint density at radius 1 is 1.31 bits per heavy atom. The second-order valence-corrected chi connectivity index (χ2v) is 9.72. The molecule has 2 aliphatic rings. The molecule has 1 aromatic carbocycles. The Labute approximate surface area is 205 Å². The Morgan fingerprint density at radius 3 is 2.66 bits per heavy atom. The molecule has 4 N–H and O–H groups in total. The van der Waals surface area contributed by atoms with E-state index in [-0.39, 0.29) is 36.3 Å². The van der Waals surface area contributed by atoms with Crippen molar-refractivity contribution in [3.8, 4) is 0 Å². The van der Waals surface area contributed by atoms with E-state index in [2.05, 4.69) is 27.4 Å². The molecule has 35 heavy (non-hydrogen) atoms. The van der Waals surface area contributed by atoms with Gasteiger partial charge in [0.05, 0.1) is 6.10 Å². The Hall–Kier alpha value is -2.76. The van der Waals surface area contributed by atoms with Crippen molar-refractivity contribution in [3.63, 3.8) is 0 Å². The van der Waals surface area contributed by atoms with E-state index in [4.69, 9.17) is 15.2 Å². The minimum atomic E-state index is -0.828. The molecule has 2 fully saturated rings. The fourth-order valence-corrected chi connectivity index (χ4v) is 5.38. The lowest BCUT2D eigenvalue weighted by atomic mass is 9.84. The van der Waals surface area contributed by atoms with Crippen LogP contribution < -0.4 is 11.0 Å². The van der Waals surface area contributed by atoms with Gasteiger partial charge in [-0.25, -0.2) is 9.67 Å². The predicted molar refractivity (Wildman–Crippen MR) is 129 cm³/mol. The maximum Gasteiger partial charge on any atom is 0.374 e. The highest BCUT2D eigenvalue weighted by molar-refractivity contribution is 6.46. The molecule has 1 aliphatic heterocycles. The van der Waals surface area contributed by atoms with Gasteiger partial charge in [0.25, 0.3) is 5.91 Å². The number of hydrogen-bond acceptors (Lipinski definition) is 8. The van der Waals surface area contributed by atoms with Gasteiger partial charge in [0.1, 0.15) is 19.0 Å². The van der Waals surface area contributed by atoms with Gasteiger partial charge in [-0.05, 0) is 43.0 Å². The van der Waals surface area contributed by atoms with Crippen molar-refractivity contribution in [2.24, 2.45) is 23.5 Å². The van der Waals surface area contributed by atoms with Crippen LogP contribution in [0.25, 0.3) is 0 Å². The Bertz CT molecular complexity index is 1020. The predicted octanol–water partition coefficient (Wildman–Crippen LogP) is 1.74. The van der Waals surface area contributed by atoms with E-state index in [0.29, 0.717) is 5.92 Å². The number of fused-ring (bicyclic) bond motifs is 1. The van der Waals surface area contributed by atoms with Crippen LogP contribution in [0.1, 0.15) is 61.4 Å². The van der Waals surface area contributed by atoms with Crippen molar-refractivity contribution in [2.75, 3.05) is 6.61 Å². The number of primary amides is 1. The molecule has 0 bridgehead atoms. The third kappa shape index (κ3) is 5.57. The number of carbonyl (C=O) groups excluding carboxylic acids is 2. The number of hydrogen-bond donors (Lipinski definition) is 3. The summed E-state index contributed by atoms with van der Waals surface area (Å²) in [7, 11) is -0.828. The molecule has 1 aliphatic carbocycles. The lowest BCUT2D eigenvalue weighted by Crippen LogP contribution is -2.49. The summed E-state index contributed by atoms with van der Waals surface area (Å²) >= 11 is 0. The van der Waals surface area contributed by atoms with Crippen molar-refractivity contribution in [3.05, 3.63) is 48.0 Å². The van der Waals surface area contributed by atoms with Crippen molar-refractivity contribution in [1.82, 2.24) is 20.0 Å². The standard InChI is InChI=1S/C24H34BN5O5/c1-4-14(2)20(28-25(3)33)24(32)34-12-19-17-10-16(15-8-6-5-7-9-15)11-18(17)23(35-19)30-13-27-22(29-30)21(26)31/h5-9,13-14,16-20,23,28,33H,4,10-12H2,1-3H3,(H2,26,31)/t14-,16?,17-,18+,19+,20?,23+/m0/s1. The van der Waals surface area contributed by atoms with E-state index in [9.17, 15) is 14.6 Å². The molecule has 1 amide bonds. The number of rotatable bonds is 10. The van der Waals surface area contributed by atoms with E-state index in [1.165, 1.54) is 11.9 Å². The van der Waals surface area contributed by atoms with Gasteiger partial charge in [0.2, 0.25) is 5.82 Å². The molecule has 188 valence electrons. The first-order valence-electron chi connectivity index (χ1n) is 12.3. The first kappa shape index (κ1) is 25.3. The van der Waals surface area contributed by atoms with Gasteiger partial charge in [-0.2, -0.15) is 0 Å². The number of nitrogens with one attached hydrogen (secondary N) is 1. The molecule has 11 heteroatoms. The van der Waals surface area contributed by atoms with E-state index in [0.717, 1.165) is 19.3 Å². The van der Waals surface area contributed by atoms with Gasteiger partial charge in [-0.15, -0.1) is 5.10 Å². The molecular formula is C24H34BN5O5. The Kier molecular flexibility index (Phi) is 7.88. The number of carbonyl (C=O) groups is 2. The quantitative estimate of drug-likeness (QED) is 0.343. The molecule has 2 unspecified atom stereocenters. The maximum atomic E-state index is 12.9. The van der Waals surface area contributed by atoms with Crippen LogP contribution in [-0.4, -0.2) is 57.5 Å². The molecule has 0 spiro atoms. The van der Waals surface area contributed by atoms with E-state index >= 15 is 0 Å². The van der Waals surface area contributed by atoms with Crippen LogP contribution in [0.4, 0.5) is 0 Å². The number of amides is 1. The number of aromatic nitrogens is 3. The highest BCUT2D eigenvalue weighted by atomic mass is 16.6. The van der Waals surface area contributed by atoms with E-state index < -0.39 is 31.2 Å². The first-order chi connectivity index (χ1) is 16.8. The van der Waals surface area contributed by atoms with Crippen LogP contribution in [0.2, 0.25) is 6.82 Å². The summed E-state index contributed by atoms with van der Waals surface area (Å²) in [6.45, 7) is 5.62. The Balaban J connectivity index is 1.51. The molecule has 4 rings (SSSR count). The highest BCUT2D eigenvalue weighted by Crippen LogP contribution is 2.54. The van der Waals surface area contributed by atoms with Crippen LogP contribution in [0, 0.1) is 17.8 Å². The van der Waals surface area contributed by atoms with Crippen molar-refractivity contribution < 1.29 is 24.1 Å². The summed E-state index contributed by atoms with van der Waals surface area (Å²) in [5.74, 6) is -0.549. The normalized spacial score (nSPS) is 27.3. The average molecular weight is 483 g/mol. The van der Waals surface area contributed by atoms with Crippen molar-refractivity contribution >= 4 is 18.9 Å². The second kappa shape index (κ2) is 10.9. The minimum Gasteiger partial charge on any atom is -0.462 e. The molecular weight excluding hydrogens is 449 g/mol. The molecule has 7 atom stereocenters. The molecule has 2 aromatic rings. The van der Waals surface area contributed by atoms with Gasteiger partial charge in [-0.3, -0.25) is 9.59 Å². The smallest absolute Gasteiger partial charge is 0.374 e. The van der Waals surface area contributed by atoms with Crippen LogP contribution in [-0.2, 0) is 14.3 Å².